The third-order valence-corrected chi connectivity index (χ3v) is 2.56. The van der Waals surface area contributed by atoms with Crippen molar-refractivity contribution in [2.75, 3.05) is 6.61 Å². The minimum atomic E-state index is 0.157. The molecule has 0 aliphatic heterocycles. The van der Waals surface area contributed by atoms with Gasteiger partial charge >= 0.3 is 0 Å². The number of benzene rings is 1. The standard InChI is InChI=1S/C14H15NO/c1-11-4-2-5-13(10-11)14-12(7-9-16)6-3-8-15-14/h2-6,8,10,16H,7,9H2,1H3. The number of nitrogens with zero attached hydrogens (tertiary/aromatic N) is 1. The Kier molecular flexibility index (Phi) is 3.32. The molecule has 0 amide bonds. The van der Waals surface area contributed by atoms with Crippen LogP contribution in [0, 0.1) is 6.92 Å². The minimum absolute atomic E-state index is 0.157. The van der Waals surface area contributed by atoms with Gasteiger partial charge in [-0.2, -0.15) is 0 Å². The summed E-state index contributed by atoms with van der Waals surface area (Å²) >= 11 is 0. The first-order valence-corrected chi connectivity index (χ1v) is 5.43. The maximum Gasteiger partial charge on any atom is 0.0734 e. The normalized spacial score (nSPS) is 10.4. The minimum Gasteiger partial charge on any atom is -0.396 e. The lowest BCUT2D eigenvalue weighted by atomic mass is 10.0. The maximum absolute atomic E-state index is 9.02. The van der Waals surface area contributed by atoms with Gasteiger partial charge in [0, 0.05) is 18.4 Å². The molecule has 1 N–H and O–H groups in total. The number of pyridine rings is 1. The first-order chi connectivity index (χ1) is 7.81. The van der Waals surface area contributed by atoms with Crippen molar-refractivity contribution in [2.45, 2.75) is 13.3 Å². The monoisotopic (exact) mass is 213 g/mol. The zero-order valence-electron chi connectivity index (χ0n) is 9.35. The van der Waals surface area contributed by atoms with E-state index in [4.69, 9.17) is 5.11 Å². The smallest absolute Gasteiger partial charge is 0.0734 e. The molecule has 0 unspecified atom stereocenters. The summed E-state index contributed by atoms with van der Waals surface area (Å²) in [5.41, 5.74) is 4.40. The molecule has 0 radical (unpaired) electrons. The van der Waals surface area contributed by atoms with Crippen molar-refractivity contribution in [3.63, 3.8) is 0 Å². The molecular formula is C14H15NO. The topological polar surface area (TPSA) is 33.1 Å². The van der Waals surface area contributed by atoms with Gasteiger partial charge in [-0.3, -0.25) is 4.98 Å². The van der Waals surface area contributed by atoms with Gasteiger partial charge in [0.1, 0.15) is 0 Å². The van der Waals surface area contributed by atoms with Gasteiger partial charge in [0.2, 0.25) is 0 Å². The van der Waals surface area contributed by atoms with Crippen LogP contribution in [-0.4, -0.2) is 16.7 Å². The summed E-state index contributed by atoms with van der Waals surface area (Å²) in [7, 11) is 0. The van der Waals surface area contributed by atoms with E-state index in [2.05, 4.69) is 30.1 Å². The van der Waals surface area contributed by atoms with E-state index in [1.807, 2.05) is 18.2 Å². The van der Waals surface area contributed by atoms with Crippen LogP contribution in [-0.2, 0) is 6.42 Å². The summed E-state index contributed by atoms with van der Waals surface area (Å²) in [4.78, 5) is 4.40. The van der Waals surface area contributed by atoms with Gasteiger partial charge in [-0.25, -0.2) is 0 Å². The van der Waals surface area contributed by atoms with Crippen LogP contribution in [0.2, 0.25) is 0 Å². The highest BCUT2D eigenvalue weighted by Gasteiger charge is 2.05. The molecule has 0 atom stereocenters. The van der Waals surface area contributed by atoms with Gasteiger partial charge in [-0.05, 0) is 31.0 Å². The molecule has 0 saturated heterocycles. The van der Waals surface area contributed by atoms with Crippen molar-refractivity contribution < 1.29 is 5.11 Å². The van der Waals surface area contributed by atoms with Crippen LogP contribution in [0.5, 0.6) is 0 Å². The lowest BCUT2D eigenvalue weighted by Crippen LogP contribution is -1.96. The van der Waals surface area contributed by atoms with Crippen LogP contribution >= 0.6 is 0 Å². The summed E-state index contributed by atoms with van der Waals surface area (Å²) in [6.45, 7) is 2.22. The van der Waals surface area contributed by atoms with Crippen molar-refractivity contribution in [3.8, 4) is 11.3 Å². The Labute approximate surface area is 95.6 Å². The summed E-state index contributed by atoms with van der Waals surface area (Å²) in [5.74, 6) is 0. The number of rotatable bonds is 3. The predicted molar refractivity (Wildman–Crippen MR) is 65.2 cm³/mol. The van der Waals surface area contributed by atoms with Gasteiger partial charge in [-0.1, -0.05) is 29.8 Å². The Hall–Kier alpha value is -1.67. The molecule has 16 heavy (non-hydrogen) atoms. The van der Waals surface area contributed by atoms with E-state index < -0.39 is 0 Å². The van der Waals surface area contributed by atoms with Crippen molar-refractivity contribution in [3.05, 3.63) is 53.7 Å². The Morgan fingerprint density at radius 2 is 2.06 bits per heavy atom. The second-order valence-electron chi connectivity index (χ2n) is 3.85. The fourth-order valence-electron chi connectivity index (χ4n) is 1.81. The summed E-state index contributed by atoms with van der Waals surface area (Å²) in [6, 6.07) is 12.2. The largest absolute Gasteiger partial charge is 0.396 e. The van der Waals surface area contributed by atoms with Crippen LogP contribution in [0.25, 0.3) is 11.3 Å². The number of aryl methyl sites for hydroxylation is 1. The number of aromatic nitrogens is 1. The van der Waals surface area contributed by atoms with Crippen LogP contribution in [0.15, 0.2) is 42.6 Å². The molecule has 0 aliphatic rings. The van der Waals surface area contributed by atoms with Gasteiger partial charge in [-0.15, -0.1) is 0 Å². The summed E-state index contributed by atoms with van der Waals surface area (Å²) < 4.78 is 0. The number of aliphatic hydroxyl groups is 1. The molecule has 1 aromatic heterocycles. The molecule has 0 saturated carbocycles. The zero-order chi connectivity index (χ0) is 11.4. The molecule has 0 fully saturated rings. The molecule has 2 heteroatoms. The lowest BCUT2D eigenvalue weighted by Gasteiger charge is -2.07. The van der Waals surface area contributed by atoms with E-state index in [1.165, 1.54) is 5.56 Å². The molecule has 2 aromatic rings. The second kappa shape index (κ2) is 4.90. The fourth-order valence-corrected chi connectivity index (χ4v) is 1.81. The van der Waals surface area contributed by atoms with Crippen LogP contribution in [0.1, 0.15) is 11.1 Å². The van der Waals surface area contributed by atoms with Gasteiger partial charge in [0.15, 0.2) is 0 Å². The third-order valence-electron chi connectivity index (χ3n) is 2.56. The molecule has 1 heterocycles. The molecule has 82 valence electrons. The van der Waals surface area contributed by atoms with Gasteiger partial charge < -0.3 is 5.11 Å². The maximum atomic E-state index is 9.02. The third kappa shape index (κ3) is 2.28. The van der Waals surface area contributed by atoms with Crippen molar-refractivity contribution in [1.82, 2.24) is 4.98 Å². The first-order valence-electron chi connectivity index (χ1n) is 5.43. The molecular weight excluding hydrogens is 198 g/mol. The Morgan fingerprint density at radius 1 is 1.19 bits per heavy atom. The highest BCUT2D eigenvalue weighted by Crippen LogP contribution is 2.22. The highest BCUT2D eigenvalue weighted by molar-refractivity contribution is 5.63. The van der Waals surface area contributed by atoms with Gasteiger partial charge in [0.25, 0.3) is 0 Å². The van der Waals surface area contributed by atoms with E-state index in [-0.39, 0.29) is 6.61 Å². The summed E-state index contributed by atoms with van der Waals surface area (Å²) in [6.07, 6.45) is 2.44. The molecule has 0 spiro atoms. The van der Waals surface area contributed by atoms with Crippen LogP contribution in [0.3, 0.4) is 0 Å². The quantitative estimate of drug-likeness (QED) is 0.850. The average molecular weight is 213 g/mol. The average Bonchev–Trinajstić information content (AvgIpc) is 2.30. The first kappa shape index (κ1) is 10.8. The Bertz CT molecular complexity index is 480. The SMILES string of the molecule is Cc1cccc(-c2ncccc2CCO)c1. The van der Waals surface area contributed by atoms with Crippen molar-refractivity contribution in [2.24, 2.45) is 0 Å². The molecule has 2 rings (SSSR count). The molecule has 0 bridgehead atoms. The summed E-state index contributed by atoms with van der Waals surface area (Å²) in [5, 5.41) is 9.02. The molecule has 1 aromatic carbocycles. The van der Waals surface area contributed by atoms with E-state index in [9.17, 15) is 0 Å². The Balaban J connectivity index is 2.46. The van der Waals surface area contributed by atoms with E-state index in [0.717, 1.165) is 16.8 Å². The number of hydrogen-bond acceptors (Lipinski definition) is 2. The van der Waals surface area contributed by atoms with Crippen LogP contribution in [0.4, 0.5) is 0 Å². The zero-order valence-corrected chi connectivity index (χ0v) is 9.35. The Morgan fingerprint density at radius 3 is 2.81 bits per heavy atom. The molecule has 0 aliphatic carbocycles. The van der Waals surface area contributed by atoms with Crippen molar-refractivity contribution >= 4 is 0 Å². The van der Waals surface area contributed by atoms with Crippen LogP contribution < -0.4 is 0 Å². The van der Waals surface area contributed by atoms with Gasteiger partial charge in [0.05, 0.1) is 5.69 Å². The van der Waals surface area contributed by atoms with Crippen molar-refractivity contribution in [1.29, 1.82) is 0 Å². The fraction of sp³-hybridized carbons (Fsp3) is 0.214. The van der Waals surface area contributed by atoms with E-state index in [0.29, 0.717) is 6.42 Å². The lowest BCUT2D eigenvalue weighted by molar-refractivity contribution is 0.299. The molecule has 2 nitrogen and oxygen atoms in total. The predicted octanol–water partition coefficient (Wildman–Crippen LogP) is 2.59. The number of hydrogen-bond donors (Lipinski definition) is 1. The van der Waals surface area contributed by atoms with E-state index in [1.54, 1.807) is 6.20 Å². The number of aliphatic hydroxyl groups excluding tert-OH is 1. The highest BCUT2D eigenvalue weighted by atomic mass is 16.2. The van der Waals surface area contributed by atoms with E-state index >= 15 is 0 Å². The second-order valence-corrected chi connectivity index (χ2v) is 3.85.